The molecule has 1 saturated heterocycles. The van der Waals surface area contributed by atoms with Crippen molar-refractivity contribution in [3.63, 3.8) is 0 Å². The fraction of sp³-hybridized carbons (Fsp3) is 0.308. The summed E-state index contributed by atoms with van der Waals surface area (Å²) in [4.78, 5) is 16.4. The smallest absolute Gasteiger partial charge is 0.263 e. The average Bonchev–Trinajstić information content (AvgIpc) is 3.09. The maximum absolute atomic E-state index is 12.2. The second-order valence-electron chi connectivity index (χ2n) is 4.23. The quantitative estimate of drug-likeness (QED) is 0.813. The van der Waals surface area contributed by atoms with Crippen molar-refractivity contribution >= 4 is 28.6 Å². The van der Waals surface area contributed by atoms with Gasteiger partial charge in [0.25, 0.3) is 5.91 Å². The monoisotopic (exact) mass is 263 g/mol. The maximum Gasteiger partial charge on any atom is 0.263 e. The van der Waals surface area contributed by atoms with Crippen LogP contribution in [0.25, 0.3) is 0 Å². The first-order valence-electron chi connectivity index (χ1n) is 5.71. The van der Waals surface area contributed by atoms with Gasteiger partial charge in [0.2, 0.25) is 0 Å². The summed E-state index contributed by atoms with van der Waals surface area (Å²) in [5.41, 5.74) is 0. The van der Waals surface area contributed by atoms with E-state index in [1.165, 1.54) is 16.2 Å². The Morgan fingerprint density at radius 3 is 2.76 bits per heavy atom. The number of rotatable bonds is 2. The largest absolute Gasteiger partial charge is 0.337 e. The molecule has 2 aromatic heterocycles. The molecule has 2 nitrogen and oxygen atoms in total. The van der Waals surface area contributed by atoms with Crippen molar-refractivity contribution in [3.8, 4) is 0 Å². The van der Waals surface area contributed by atoms with Crippen LogP contribution in [0.4, 0.5) is 0 Å². The molecule has 1 aliphatic rings. The first-order valence-corrected chi connectivity index (χ1v) is 7.47. The Morgan fingerprint density at radius 1 is 1.24 bits per heavy atom. The van der Waals surface area contributed by atoms with Gasteiger partial charge in [-0.1, -0.05) is 12.1 Å². The maximum atomic E-state index is 12.2. The van der Waals surface area contributed by atoms with Gasteiger partial charge < -0.3 is 4.90 Å². The van der Waals surface area contributed by atoms with E-state index >= 15 is 0 Å². The molecule has 0 spiro atoms. The lowest BCUT2D eigenvalue weighted by Gasteiger charge is -2.14. The molecule has 0 bridgehead atoms. The van der Waals surface area contributed by atoms with Crippen molar-refractivity contribution in [1.82, 2.24) is 4.90 Å². The fourth-order valence-electron chi connectivity index (χ4n) is 2.26. The summed E-state index contributed by atoms with van der Waals surface area (Å²) >= 11 is 3.32. The normalized spacial score (nSPS) is 19.8. The van der Waals surface area contributed by atoms with Crippen LogP contribution >= 0.6 is 22.7 Å². The molecule has 0 radical (unpaired) electrons. The molecule has 88 valence electrons. The van der Waals surface area contributed by atoms with Gasteiger partial charge >= 0.3 is 0 Å². The van der Waals surface area contributed by atoms with Crippen molar-refractivity contribution < 1.29 is 4.79 Å². The zero-order valence-electron chi connectivity index (χ0n) is 9.33. The molecular weight excluding hydrogens is 250 g/mol. The van der Waals surface area contributed by atoms with E-state index in [4.69, 9.17) is 0 Å². The minimum atomic E-state index is 0.194. The van der Waals surface area contributed by atoms with E-state index in [1.54, 1.807) is 11.3 Å². The highest BCUT2D eigenvalue weighted by atomic mass is 32.1. The van der Waals surface area contributed by atoms with E-state index in [9.17, 15) is 4.79 Å². The van der Waals surface area contributed by atoms with Crippen molar-refractivity contribution in [3.05, 3.63) is 44.8 Å². The predicted molar refractivity (Wildman–Crippen MR) is 71.9 cm³/mol. The van der Waals surface area contributed by atoms with Gasteiger partial charge in [-0.3, -0.25) is 4.79 Å². The Balaban J connectivity index is 1.70. The number of amides is 1. The first kappa shape index (κ1) is 11.0. The molecule has 3 heterocycles. The Hall–Kier alpha value is -1.13. The molecule has 0 unspecified atom stereocenters. The molecule has 1 amide bonds. The topological polar surface area (TPSA) is 20.3 Å². The molecule has 0 aromatic carbocycles. The molecule has 1 fully saturated rings. The van der Waals surface area contributed by atoms with Crippen LogP contribution in [0.15, 0.2) is 35.0 Å². The molecule has 0 N–H and O–H groups in total. The second kappa shape index (κ2) is 4.63. The van der Waals surface area contributed by atoms with Gasteiger partial charge in [0.05, 0.1) is 4.88 Å². The van der Waals surface area contributed by atoms with E-state index in [-0.39, 0.29) is 5.91 Å². The Labute approximate surface area is 109 Å². The van der Waals surface area contributed by atoms with Gasteiger partial charge in [0.15, 0.2) is 0 Å². The van der Waals surface area contributed by atoms with E-state index in [1.807, 2.05) is 22.4 Å². The lowest BCUT2D eigenvalue weighted by Crippen LogP contribution is -2.27. The van der Waals surface area contributed by atoms with E-state index < -0.39 is 0 Å². The van der Waals surface area contributed by atoms with Crippen LogP contribution in [0.2, 0.25) is 0 Å². The van der Waals surface area contributed by atoms with Crippen LogP contribution in [0.1, 0.15) is 26.9 Å². The second-order valence-corrected chi connectivity index (χ2v) is 6.16. The molecular formula is C13H13NOS2. The highest BCUT2D eigenvalue weighted by Gasteiger charge is 2.28. The summed E-state index contributed by atoms with van der Waals surface area (Å²) in [6, 6.07) is 8.11. The van der Waals surface area contributed by atoms with Gasteiger partial charge in [-0.05, 0) is 29.3 Å². The van der Waals surface area contributed by atoms with E-state index in [2.05, 4.69) is 17.5 Å². The van der Waals surface area contributed by atoms with Crippen LogP contribution in [0, 0.1) is 0 Å². The van der Waals surface area contributed by atoms with Crippen molar-refractivity contribution in [2.45, 2.75) is 12.3 Å². The summed E-state index contributed by atoms with van der Waals surface area (Å²) in [5, 5.41) is 4.07. The zero-order valence-corrected chi connectivity index (χ0v) is 11.0. The van der Waals surface area contributed by atoms with Crippen LogP contribution in [0.5, 0.6) is 0 Å². The Bertz CT molecular complexity index is 489. The van der Waals surface area contributed by atoms with Crippen LogP contribution in [0.3, 0.4) is 0 Å². The number of hydrogen-bond acceptors (Lipinski definition) is 3. The van der Waals surface area contributed by atoms with Crippen LogP contribution in [-0.4, -0.2) is 23.9 Å². The third-order valence-corrected chi connectivity index (χ3v) is 5.05. The molecule has 0 aliphatic carbocycles. The van der Waals surface area contributed by atoms with Gasteiger partial charge in [0, 0.05) is 23.9 Å². The van der Waals surface area contributed by atoms with Crippen LogP contribution in [-0.2, 0) is 0 Å². The van der Waals surface area contributed by atoms with Crippen molar-refractivity contribution in [2.24, 2.45) is 0 Å². The molecule has 0 saturated carbocycles. The van der Waals surface area contributed by atoms with E-state index in [0.29, 0.717) is 5.92 Å². The minimum absolute atomic E-state index is 0.194. The summed E-state index contributed by atoms with van der Waals surface area (Å²) in [6.07, 6.45) is 1.09. The first-order chi connectivity index (χ1) is 8.34. The third kappa shape index (κ3) is 2.15. The average molecular weight is 263 g/mol. The number of carbonyl (C=O) groups excluding carboxylic acids is 1. The Morgan fingerprint density at radius 2 is 2.06 bits per heavy atom. The van der Waals surface area contributed by atoms with Gasteiger partial charge in [-0.2, -0.15) is 0 Å². The zero-order chi connectivity index (χ0) is 11.7. The molecule has 2 aromatic rings. The number of carbonyl (C=O) groups is 1. The fourth-order valence-corrected chi connectivity index (χ4v) is 3.80. The molecule has 3 rings (SSSR count). The SMILES string of the molecule is O=C(c1cccs1)N1CC[C@H](c2cccs2)C1. The van der Waals surface area contributed by atoms with Crippen molar-refractivity contribution in [2.75, 3.05) is 13.1 Å². The molecule has 1 atom stereocenters. The third-order valence-electron chi connectivity index (χ3n) is 3.15. The van der Waals surface area contributed by atoms with Gasteiger partial charge in [-0.15, -0.1) is 22.7 Å². The van der Waals surface area contributed by atoms with Crippen molar-refractivity contribution in [1.29, 1.82) is 0 Å². The minimum Gasteiger partial charge on any atom is -0.337 e. The number of likely N-dealkylation sites (tertiary alicyclic amines) is 1. The summed E-state index contributed by atoms with van der Waals surface area (Å²) in [5.74, 6) is 0.734. The van der Waals surface area contributed by atoms with Gasteiger partial charge in [-0.25, -0.2) is 0 Å². The number of nitrogens with zero attached hydrogens (tertiary/aromatic N) is 1. The molecule has 1 aliphatic heterocycles. The number of thiophene rings is 2. The molecule has 4 heteroatoms. The number of hydrogen-bond donors (Lipinski definition) is 0. The highest BCUT2D eigenvalue weighted by Crippen LogP contribution is 2.31. The lowest BCUT2D eigenvalue weighted by atomic mass is 10.1. The summed E-state index contributed by atoms with van der Waals surface area (Å²) < 4.78 is 0. The Kier molecular flexibility index (Phi) is 2.99. The lowest BCUT2D eigenvalue weighted by molar-refractivity contribution is 0.0795. The standard InChI is InChI=1S/C13H13NOS2/c15-13(12-4-2-8-17-12)14-6-5-10(9-14)11-3-1-7-16-11/h1-4,7-8,10H,5-6,9H2/t10-/m0/s1. The highest BCUT2D eigenvalue weighted by molar-refractivity contribution is 7.12. The van der Waals surface area contributed by atoms with Crippen LogP contribution < -0.4 is 0 Å². The van der Waals surface area contributed by atoms with Gasteiger partial charge in [0.1, 0.15) is 0 Å². The predicted octanol–water partition coefficient (Wildman–Crippen LogP) is 3.44. The summed E-state index contributed by atoms with van der Waals surface area (Å²) in [7, 11) is 0. The molecule has 17 heavy (non-hydrogen) atoms. The summed E-state index contributed by atoms with van der Waals surface area (Å²) in [6.45, 7) is 1.76. The van der Waals surface area contributed by atoms with E-state index in [0.717, 1.165) is 24.4 Å².